The second-order valence-corrected chi connectivity index (χ2v) is 8.20. The number of anilines is 1. The number of hydrogen-bond acceptors (Lipinski definition) is 4. The lowest BCUT2D eigenvalue weighted by Crippen LogP contribution is -2.43. The van der Waals surface area contributed by atoms with Crippen molar-refractivity contribution < 1.29 is 4.79 Å². The molecular weight excluding hydrogens is 449 g/mol. The average molecular weight is 465 g/mol. The number of nitrogens with zero attached hydrogens (tertiary/aromatic N) is 3. The Labute approximate surface area is 171 Å². The molecule has 0 unspecified atom stereocenters. The van der Waals surface area contributed by atoms with E-state index in [1.165, 1.54) is 0 Å². The fourth-order valence-electron chi connectivity index (χ4n) is 4.46. The molecule has 0 amide bonds. The van der Waals surface area contributed by atoms with E-state index in [9.17, 15) is 15.3 Å². The molecule has 0 radical (unpaired) electrons. The van der Waals surface area contributed by atoms with Crippen molar-refractivity contribution in [2.45, 2.75) is 24.9 Å². The first-order valence-electron chi connectivity index (χ1n) is 8.67. The molecule has 2 aromatic rings. The summed E-state index contributed by atoms with van der Waals surface area (Å²) in [6.45, 7) is 1.55. The van der Waals surface area contributed by atoms with Crippen molar-refractivity contribution in [1.29, 1.82) is 10.5 Å². The van der Waals surface area contributed by atoms with Crippen LogP contribution in [0.4, 0.5) is 5.69 Å². The van der Waals surface area contributed by atoms with Crippen LogP contribution in [-0.4, -0.2) is 17.9 Å². The molecule has 2 heterocycles. The summed E-state index contributed by atoms with van der Waals surface area (Å²) in [6, 6.07) is 19.1. The Balaban J connectivity index is 2.01. The summed E-state index contributed by atoms with van der Waals surface area (Å²) in [5.41, 5.74) is 1.40. The van der Waals surface area contributed by atoms with Crippen molar-refractivity contribution in [2.75, 3.05) is 4.90 Å². The van der Waals surface area contributed by atoms with Gasteiger partial charge in [0.2, 0.25) is 0 Å². The first-order valence-corrected chi connectivity index (χ1v) is 9.75. The van der Waals surface area contributed by atoms with Gasteiger partial charge in [-0.15, -0.1) is 0 Å². The second kappa shape index (κ2) is 6.51. The van der Waals surface area contributed by atoms with E-state index in [0.717, 1.165) is 20.4 Å². The Kier molecular flexibility index (Phi) is 4.28. The number of benzene rings is 2. The average Bonchev–Trinajstić information content (AvgIpc) is 2.99. The Hall–Kier alpha value is -2.64. The van der Waals surface area contributed by atoms with Gasteiger partial charge in [0.25, 0.3) is 0 Å². The van der Waals surface area contributed by atoms with Crippen LogP contribution < -0.4 is 4.90 Å². The summed E-state index contributed by atoms with van der Waals surface area (Å²) in [5, 5.41) is 20.3. The topological polar surface area (TPSA) is 67.9 Å². The summed E-state index contributed by atoms with van der Waals surface area (Å²) in [4.78, 5) is 14.8. The highest BCUT2D eigenvalue weighted by Crippen LogP contribution is 2.55. The standard InChI is InChI=1S/C22H16IN3O/c1-14(27)21-20(16-6-4-7-17(23)11-16)22(12-24,13-25)19-10-9-15-5-2-3-8-18(15)26(19)21/h2-11,19-21H,1H3/t19-,20-,21-/m1/s1. The summed E-state index contributed by atoms with van der Waals surface area (Å²) >= 11 is 2.22. The molecule has 0 spiro atoms. The van der Waals surface area contributed by atoms with Gasteiger partial charge in [-0.3, -0.25) is 4.79 Å². The third-order valence-corrected chi connectivity index (χ3v) is 6.21. The zero-order chi connectivity index (χ0) is 19.2. The first-order chi connectivity index (χ1) is 13.0. The van der Waals surface area contributed by atoms with Gasteiger partial charge in [-0.1, -0.05) is 42.5 Å². The molecule has 2 aromatic carbocycles. The maximum atomic E-state index is 12.8. The molecule has 132 valence electrons. The second-order valence-electron chi connectivity index (χ2n) is 6.95. The highest BCUT2D eigenvalue weighted by atomic mass is 127. The largest absolute Gasteiger partial charge is 0.351 e. The summed E-state index contributed by atoms with van der Waals surface area (Å²) < 4.78 is 1.01. The van der Waals surface area contributed by atoms with E-state index in [2.05, 4.69) is 34.7 Å². The van der Waals surface area contributed by atoms with Gasteiger partial charge in [-0.25, -0.2) is 0 Å². The van der Waals surface area contributed by atoms with E-state index in [1.54, 1.807) is 6.92 Å². The number of fused-ring (bicyclic) bond motifs is 3. The van der Waals surface area contributed by atoms with Crippen LogP contribution in [0.1, 0.15) is 24.0 Å². The summed E-state index contributed by atoms with van der Waals surface area (Å²) in [5.74, 6) is -0.568. The normalized spacial score (nSPS) is 24.4. The number of Topliss-reactive ketones (excluding diaryl/α,β-unsaturated/α-hetero) is 1. The molecule has 0 N–H and O–H groups in total. The Morgan fingerprint density at radius 2 is 1.89 bits per heavy atom. The molecule has 2 aliphatic rings. The number of para-hydroxylation sites is 1. The lowest BCUT2D eigenvalue weighted by molar-refractivity contribution is -0.118. The lowest BCUT2D eigenvalue weighted by atomic mass is 9.69. The highest BCUT2D eigenvalue weighted by Gasteiger charge is 2.62. The molecule has 4 nitrogen and oxygen atoms in total. The van der Waals surface area contributed by atoms with Crippen molar-refractivity contribution in [2.24, 2.45) is 5.41 Å². The van der Waals surface area contributed by atoms with E-state index in [-0.39, 0.29) is 5.78 Å². The van der Waals surface area contributed by atoms with Crippen LogP contribution in [0.15, 0.2) is 54.6 Å². The number of carbonyl (C=O) groups is 1. The minimum Gasteiger partial charge on any atom is -0.351 e. The number of carbonyl (C=O) groups excluding carboxylic acids is 1. The van der Waals surface area contributed by atoms with Crippen LogP contribution in [-0.2, 0) is 4.79 Å². The van der Waals surface area contributed by atoms with Crippen molar-refractivity contribution in [3.05, 3.63) is 69.3 Å². The van der Waals surface area contributed by atoms with E-state index < -0.39 is 23.4 Å². The quantitative estimate of drug-likeness (QED) is 0.621. The van der Waals surface area contributed by atoms with Crippen molar-refractivity contribution in [3.8, 4) is 12.1 Å². The minimum absolute atomic E-state index is 0.0404. The Morgan fingerprint density at radius 3 is 2.56 bits per heavy atom. The third kappa shape index (κ3) is 2.49. The van der Waals surface area contributed by atoms with Crippen LogP contribution in [0.5, 0.6) is 0 Å². The molecule has 0 aliphatic carbocycles. The molecule has 2 aliphatic heterocycles. The van der Waals surface area contributed by atoms with Gasteiger partial charge < -0.3 is 4.90 Å². The monoisotopic (exact) mass is 465 g/mol. The number of ketones is 1. The van der Waals surface area contributed by atoms with Crippen LogP contribution in [0, 0.1) is 31.6 Å². The molecule has 27 heavy (non-hydrogen) atoms. The predicted molar refractivity (Wildman–Crippen MR) is 112 cm³/mol. The zero-order valence-electron chi connectivity index (χ0n) is 14.6. The zero-order valence-corrected chi connectivity index (χ0v) is 16.8. The number of halogens is 1. The first kappa shape index (κ1) is 17.8. The van der Waals surface area contributed by atoms with Gasteiger partial charge in [0, 0.05) is 15.2 Å². The molecule has 0 saturated carbocycles. The van der Waals surface area contributed by atoms with Crippen LogP contribution in [0.2, 0.25) is 0 Å². The molecule has 0 bridgehead atoms. The molecule has 5 heteroatoms. The van der Waals surface area contributed by atoms with E-state index >= 15 is 0 Å². The maximum Gasteiger partial charge on any atom is 0.176 e. The molecule has 3 atom stereocenters. The van der Waals surface area contributed by atoms with Crippen molar-refractivity contribution in [3.63, 3.8) is 0 Å². The van der Waals surface area contributed by atoms with E-state index in [4.69, 9.17) is 0 Å². The fraction of sp³-hybridized carbons (Fsp3) is 0.227. The molecule has 1 saturated heterocycles. The van der Waals surface area contributed by atoms with Gasteiger partial charge >= 0.3 is 0 Å². The van der Waals surface area contributed by atoms with E-state index in [1.807, 2.05) is 65.6 Å². The highest BCUT2D eigenvalue weighted by molar-refractivity contribution is 14.1. The van der Waals surface area contributed by atoms with Gasteiger partial charge in [-0.2, -0.15) is 10.5 Å². The van der Waals surface area contributed by atoms with E-state index in [0.29, 0.717) is 0 Å². The molecule has 1 fully saturated rings. The smallest absolute Gasteiger partial charge is 0.176 e. The molecule has 0 aromatic heterocycles. The van der Waals surface area contributed by atoms with Gasteiger partial charge in [0.1, 0.15) is 0 Å². The minimum atomic E-state index is -1.34. The third-order valence-electron chi connectivity index (χ3n) is 5.54. The number of rotatable bonds is 2. The Bertz CT molecular complexity index is 1030. The van der Waals surface area contributed by atoms with Crippen LogP contribution in [0.25, 0.3) is 6.08 Å². The predicted octanol–water partition coefficient (Wildman–Crippen LogP) is 4.28. The SMILES string of the molecule is CC(=O)[C@@H]1[C@@H](c2cccc(I)c2)C(C#N)(C#N)[C@H]2C=Cc3ccccc3N12. The van der Waals surface area contributed by atoms with Crippen molar-refractivity contribution >= 4 is 40.1 Å². The molecule has 4 rings (SSSR count). The maximum absolute atomic E-state index is 12.8. The summed E-state index contributed by atoms with van der Waals surface area (Å²) in [6.07, 6.45) is 3.85. The lowest BCUT2D eigenvalue weighted by Gasteiger charge is -2.35. The van der Waals surface area contributed by atoms with Gasteiger partial charge in [0.05, 0.1) is 24.2 Å². The van der Waals surface area contributed by atoms with Crippen LogP contribution in [0.3, 0.4) is 0 Å². The number of hydrogen-bond donors (Lipinski definition) is 0. The van der Waals surface area contributed by atoms with Gasteiger partial charge in [-0.05, 0) is 58.8 Å². The van der Waals surface area contributed by atoms with Gasteiger partial charge in [0.15, 0.2) is 11.2 Å². The summed E-state index contributed by atoms with van der Waals surface area (Å²) in [7, 11) is 0. The van der Waals surface area contributed by atoms with Crippen LogP contribution >= 0.6 is 22.6 Å². The number of nitriles is 2. The Morgan fingerprint density at radius 1 is 1.15 bits per heavy atom. The fourth-order valence-corrected chi connectivity index (χ4v) is 5.03. The van der Waals surface area contributed by atoms with Crippen molar-refractivity contribution in [1.82, 2.24) is 0 Å². The molecular formula is C22H16IN3O.